The van der Waals surface area contributed by atoms with E-state index in [0.717, 1.165) is 25.7 Å². The lowest BCUT2D eigenvalue weighted by Crippen LogP contribution is -2.40. The molecule has 2 aliphatic rings. The van der Waals surface area contributed by atoms with Gasteiger partial charge in [-0.15, -0.1) is 0 Å². The summed E-state index contributed by atoms with van der Waals surface area (Å²) in [6.45, 7) is -0.441. The number of hydrogen-bond acceptors (Lipinski definition) is 6. The zero-order chi connectivity index (χ0) is 19.6. The molecular weight excluding hydrogens is 364 g/mol. The predicted octanol–water partition coefficient (Wildman–Crippen LogP) is 2.55. The molecule has 4 rings (SSSR count). The molecule has 1 aromatic heterocycles. The van der Waals surface area contributed by atoms with Crippen LogP contribution in [0.5, 0.6) is 11.5 Å². The molecule has 2 aromatic rings. The Morgan fingerprint density at radius 1 is 1.07 bits per heavy atom. The molecule has 2 heterocycles. The van der Waals surface area contributed by atoms with Crippen LogP contribution in [0.3, 0.4) is 0 Å². The predicted molar refractivity (Wildman–Crippen MR) is 97.8 cm³/mol. The van der Waals surface area contributed by atoms with Gasteiger partial charge < -0.3 is 24.7 Å². The maximum absolute atomic E-state index is 12.1. The maximum Gasteiger partial charge on any atom is 0.339 e. The molecule has 0 saturated heterocycles. The summed E-state index contributed by atoms with van der Waals surface area (Å²) in [7, 11) is 0. The molecule has 1 aromatic carbocycles. The first-order chi connectivity index (χ1) is 13.5. The van der Waals surface area contributed by atoms with E-state index in [1.807, 2.05) is 0 Å². The number of carbonyl (C=O) groups excluding carboxylic acids is 2. The van der Waals surface area contributed by atoms with E-state index in [1.165, 1.54) is 30.9 Å². The lowest BCUT2D eigenvalue weighted by Gasteiger charge is -2.31. The van der Waals surface area contributed by atoms with Gasteiger partial charge in [0.2, 0.25) is 0 Å². The summed E-state index contributed by atoms with van der Waals surface area (Å²) < 4.78 is 17.6. The van der Waals surface area contributed by atoms with Crippen molar-refractivity contribution in [2.75, 3.05) is 11.9 Å². The molecule has 1 amide bonds. The van der Waals surface area contributed by atoms with E-state index in [4.69, 9.17) is 14.2 Å². The maximum atomic E-state index is 12.1. The van der Waals surface area contributed by atoms with E-state index >= 15 is 0 Å². The average Bonchev–Trinajstić information content (AvgIpc) is 3.03. The number of benzene rings is 1. The Labute approximate surface area is 161 Å². The van der Waals surface area contributed by atoms with Crippen molar-refractivity contribution in [3.05, 3.63) is 53.5 Å². The third-order valence-corrected chi connectivity index (χ3v) is 4.81. The number of anilines is 1. The Kier molecular flexibility index (Phi) is 4.77. The summed E-state index contributed by atoms with van der Waals surface area (Å²) in [6, 6.07) is 7.84. The van der Waals surface area contributed by atoms with Gasteiger partial charge in [0.1, 0.15) is 0 Å². The van der Waals surface area contributed by atoms with Crippen molar-refractivity contribution in [1.82, 2.24) is 0 Å². The standard InChI is InChI=1S/C20H20N2O6/c23-18(13-26-19(24)14-6-10-22(25)11-7-14)21-15-4-5-16-17(12-15)28-20(27-16)8-2-1-3-9-20/h4-7,10-12H,1-3,8-9,13H2,(H,21,23). The summed E-state index contributed by atoms with van der Waals surface area (Å²) in [4.78, 5) is 24.0. The third kappa shape index (κ3) is 3.85. The highest BCUT2D eigenvalue weighted by Crippen LogP contribution is 2.46. The molecule has 1 aliphatic carbocycles. The number of carbonyl (C=O) groups is 2. The Hall–Kier alpha value is -3.29. The van der Waals surface area contributed by atoms with Crippen LogP contribution in [-0.4, -0.2) is 24.3 Å². The highest BCUT2D eigenvalue weighted by molar-refractivity contribution is 5.95. The normalized spacial score (nSPS) is 16.6. The summed E-state index contributed by atoms with van der Waals surface area (Å²) in [5, 5.41) is 13.6. The molecule has 146 valence electrons. The van der Waals surface area contributed by atoms with Crippen molar-refractivity contribution in [2.24, 2.45) is 0 Å². The van der Waals surface area contributed by atoms with Crippen LogP contribution < -0.4 is 19.5 Å². The highest BCUT2D eigenvalue weighted by atomic mass is 16.7. The zero-order valence-corrected chi connectivity index (χ0v) is 15.2. The molecule has 28 heavy (non-hydrogen) atoms. The number of amides is 1. The van der Waals surface area contributed by atoms with Crippen molar-refractivity contribution >= 4 is 17.6 Å². The minimum absolute atomic E-state index is 0.195. The van der Waals surface area contributed by atoms with Gasteiger partial charge in [-0.1, -0.05) is 6.42 Å². The molecule has 8 heteroatoms. The Morgan fingerprint density at radius 2 is 1.79 bits per heavy atom. The monoisotopic (exact) mass is 384 g/mol. The van der Waals surface area contributed by atoms with Gasteiger partial charge >= 0.3 is 5.97 Å². The molecule has 8 nitrogen and oxygen atoms in total. The second kappa shape index (κ2) is 7.38. The van der Waals surface area contributed by atoms with Crippen LogP contribution in [0, 0.1) is 5.21 Å². The van der Waals surface area contributed by atoms with E-state index < -0.39 is 24.3 Å². The SMILES string of the molecule is O=C(COC(=O)c1cc[n+]([O-])cc1)Nc1ccc2c(c1)OC1(CCCCC1)O2. The third-order valence-electron chi connectivity index (χ3n) is 4.81. The van der Waals surface area contributed by atoms with Gasteiger partial charge in [-0.2, -0.15) is 4.73 Å². The molecule has 0 bridgehead atoms. The van der Waals surface area contributed by atoms with Crippen LogP contribution in [-0.2, 0) is 9.53 Å². The molecule has 0 unspecified atom stereocenters. The van der Waals surface area contributed by atoms with Gasteiger partial charge in [-0.3, -0.25) is 4.79 Å². The summed E-state index contributed by atoms with van der Waals surface area (Å²) >= 11 is 0. The fourth-order valence-electron chi connectivity index (χ4n) is 3.43. The van der Waals surface area contributed by atoms with Crippen LogP contribution in [0.4, 0.5) is 5.69 Å². The lowest BCUT2D eigenvalue weighted by molar-refractivity contribution is -0.605. The van der Waals surface area contributed by atoms with Gasteiger partial charge in [-0.05, 0) is 25.0 Å². The van der Waals surface area contributed by atoms with Crippen molar-refractivity contribution in [2.45, 2.75) is 37.9 Å². The molecule has 1 fully saturated rings. The Bertz CT molecular complexity index is 890. The summed E-state index contributed by atoms with van der Waals surface area (Å²) in [6.07, 6.45) is 7.39. The molecule has 1 spiro atoms. The van der Waals surface area contributed by atoms with E-state index in [9.17, 15) is 14.8 Å². The smallest absolute Gasteiger partial charge is 0.339 e. The largest absolute Gasteiger partial charge is 0.619 e. The van der Waals surface area contributed by atoms with Gasteiger partial charge in [0, 0.05) is 36.7 Å². The number of pyridine rings is 1. The molecule has 1 saturated carbocycles. The first-order valence-corrected chi connectivity index (χ1v) is 9.21. The second-order valence-electron chi connectivity index (χ2n) is 6.91. The quantitative estimate of drug-likeness (QED) is 0.494. The Morgan fingerprint density at radius 3 is 2.54 bits per heavy atom. The van der Waals surface area contributed by atoms with Crippen LogP contribution in [0.25, 0.3) is 0 Å². The van der Waals surface area contributed by atoms with Gasteiger partial charge in [0.25, 0.3) is 11.7 Å². The van der Waals surface area contributed by atoms with Gasteiger partial charge in [-0.25, -0.2) is 4.79 Å². The number of esters is 1. The number of nitrogens with one attached hydrogen (secondary N) is 1. The molecule has 1 N–H and O–H groups in total. The molecule has 1 aliphatic heterocycles. The van der Waals surface area contributed by atoms with E-state index in [1.54, 1.807) is 18.2 Å². The van der Waals surface area contributed by atoms with Crippen molar-refractivity contribution in [3.63, 3.8) is 0 Å². The minimum Gasteiger partial charge on any atom is -0.619 e. The summed E-state index contributed by atoms with van der Waals surface area (Å²) in [5.41, 5.74) is 0.726. The van der Waals surface area contributed by atoms with E-state index in [0.29, 0.717) is 21.9 Å². The topological polar surface area (TPSA) is 101 Å². The first kappa shape index (κ1) is 18.1. The highest BCUT2D eigenvalue weighted by Gasteiger charge is 2.42. The van der Waals surface area contributed by atoms with E-state index in [-0.39, 0.29) is 5.56 Å². The second-order valence-corrected chi connectivity index (χ2v) is 6.91. The Balaban J connectivity index is 1.32. The number of nitrogens with zero attached hydrogens (tertiary/aromatic N) is 1. The van der Waals surface area contributed by atoms with Gasteiger partial charge in [0.05, 0.1) is 5.56 Å². The zero-order valence-electron chi connectivity index (χ0n) is 15.2. The summed E-state index contributed by atoms with van der Waals surface area (Å²) in [5.74, 6) is -0.454. The van der Waals surface area contributed by atoms with Crippen LogP contribution in [0.15, 0.2) is 42.7 Å². The fourth-order valence-corrected chi connectivity index (χ4v) is 3.43. The van der Waals surface area contributed by atoms with Crippen LogP contribution in [0.1, 0.15) is 42.5 Å². The molecular formula is C20H20N2O6. The number of ether oxygens (including phenoxy) is 3. The van der Waals surface area contributed by atoms with Gasteiger partial charge in [0.15, 0.2) is 30.5 Å². The minimum atomic E-state index is -0.680. The lowest BCUT2D eigenvalue weighted by atomic mass is 9.94. The molecule has 0 radical (unpaired) electrons. The first-order valence-electron chi connectivity index (χ1n) is 9.21. The van der Waals surface area contributed by atoms with Crippen molar-refractivity contribution in [3.8, 4) is 11.5 Å². The fraction of sp³-hybridized carbons (Fsp3) is 0.350. The number of aromatic nitrogens is 1. The number of rotatable bonds is 4. The van der Waals surface area contributed by atoms with Crippen molar-refractivity contribution in [1.29, 1.82) is 0 Å². The number of hydrogen-bond donors (Lipinski definition) is 1. The number of fused-ring (bicyclic) bond motifs is 1. The van der Waals surface area contributed by atoms with Crippen molar-refractivity contribution < 1.29 is 28.5 Å². The van der Waals surface area contributed by atoms with E-state index in [2.05, 4.69) is 5.32 Å². The molecule has 0 atom stereocenters. The average molecular weight is 384 g/mol. The van der Waals surface area contributed by atoms with Crippen LogP contribution >= 0.6 is 0 Å². The van der Waals surface area contributed by atoms with Crippen LogP contribution in [0.2, 0.25) is 0 Å².